The third kappa shape index (κ3) is 2.74. The number of hydrogen-bond acceptors (Lipinski definition) is 4. The summed E-state index contributed by atoms with van der Waals surface area (Å²) in [6.45, 7) is 0.154. The molecule has 0 aromatic heterocycles. The van der Waals surface area contributed by atoms with E-state index in [2.05, 4.69) is 10.5 Å². The maximum atomic E-state index is 12.0. The summed E-state index contributed by atoms with van der Waals surface area (Å²) in [6.07, 6.45) is 0.945. The minimum Gasteiger partial charge on any atom is -0.481 e. The molecule has 0 bridgehead atoms. The number of hydrogen-bond donors (Lipinski definition) is 2. The molecular formula is C15H16N2O4. The number of rotatable bonds is 5. The predicted octanol–water partition coefficient (Wildman–Crippen LogP) is 1.16. The van der Waals surface area contributed by atoms with Crippen molar-refractivity contribution < 1.29 is 19.5 Å². The normalized spacial score (nSPS) is 22.1. The summed E-state index contributed by atoms with van der Waals surface area (Å²) in [5.74, 6) is -1.16. The molecule has 1 aliphatic heterocycles. The maximum Gasteiger partial charge on any atom is 0.311 e. The van der Waals surface area contributed by atoms with Gasteiger partial charge >= 0.3 is 5.97 Å². The van der Waals surface area contributed by atoms with Crippen LogP contribution in [0.4, 0.5) is 0 Å². The van der Waals surface area contributed by atoms with Gasteiger partial charge in [0.2, 0.25) is 6.10 Å². The van der Waals surface area contributed by atoms with Gasteiger partial charge in [0.25, 0.3) is 5.91 Å². The lowest BCUT2D eigenvalue weighted by atomic mass is 10.0. The zero-order valence-corrected chi connectivity index (χ0v) is 11.4. The number of carbonyl (C=O) groups is 2. The first-order valence-electron chi connectivity index (χ1n) is 6.90. The van der Waals surface area contributed by atoms with E-state index in [-0.39, 0.29) is 12.5 Å². The van der Waals surface area contributed by atoms with Crippen molar-refractivity contribution in [1.82, 2.24) is 5.32 Å². The lowest BCUT2D eigenvalue weighted by molar-refractivity contribution is -0.143. The highest BCUT2D eigenvalue weighted by atomic mass is 16.6. The average Bonchev–Trinajstić information content (AvgIpc) is 3.14. The van der Waals surface area contributed by atoms with Gasteiger partial charge in [-0.25, -0.2) is 0 Å². The van der Waals surface area contributed by atoms with Crippen molar-refractivity contribution in [1.29, 1.82) is 0 Å². The molecule has 1 aromatic rings. The van der Waals surface area contributed by atoms with E-state index in [9.17, 15) is 9.59 Å². The first kappa shape index (κ1) is 13.6. The molecule has 2 N–H and O–H groups in total. The minimum absolute atomic E-state index is 0.154. The Balaban J connectivity index is 1.53. The Morgan fingerprint density at radius 2 is 2.05 bits per heavy atom. The lowest BCUT2D eigenvalue weighted by Gasteiger charge is -2.13. The Morgan fingerprint density at radius 1 is 1.33 bits per heavy atom. The molecule has 1 aliphatic carbocycles. The van der Waals surface area contributed by atoms with Gasteiger partial charge < -0.3 is 15.3 Å². The van der Waals surface area contributed by atoms with Crippen LogP contribution in [0, 0.1) is 5.41 Å². The van der Waals surface area contributed by atoms with Crippen LogP contribution >= 0.6 is 0 Å². The number of oxime groups is 1. The molecule has 21 heavy (non-hydrogen) atoms. The van der Waals surface area contributed by atoms with Crippen molar-refractivity contribution in [2.24, 2.45) is 10.6 Å². The Bertz CT molecular complexity index is 593. The molecule has 1 unspecified atom stereocenters. The van der Waals surface area contributed by atoms with E-state index in [1.165, 1.54) is 0 Å². The Labute approximate surface area is 121 Å². The molecule has 6 nitrogen and oxygen atoms in total. The van der Waals surface area contributed by atoms with Crippen LogP contribution in [0.15, 0.2) is 35.5 Å². The molecule has 0 radical (unpaired) electrons. The zero-order chi connectivity index (χ0) is 14.9. The number of carbonyl (C=O) groups excluding carboxylic acids is 1. The van der Waals surface area contributed by atoms with Gasteiger partial charge in [0.1, 0.15) is 0 Å². The van der Waals surface area contributed by atoms with E-state index in [1.54, 1.807) is 0 Å². The van der Waals surface area contributed by atoms with Crippen LogP contribution in [0.3, 0.4) is 0 Å². The summed E-state index contributed by atoms with van der Waals surface area (Å²) in [7, 11) is 0. The quantitative estimate of drug-likeness (QED) is 0.851. The molecule has 1 fully saturated rings. The first-order chi connectivity index (χ1) is 10.1. The highest BCUT2D eigenvalue weighted by Gasteiger charge is 2.50. The molecule has 2 aliphatic rings. The molecular weight excluding hydrogens is 272 g/mol. The molecule has 1 heterocycles. The fourth-order valence-electron chi connectivity index (χ4n) is 2.31. The summed E-state index contributed by atoms with van der Waals surface area (Å²) in [5, 5.41) is 15.7. The second-order valence-electron chi connectivity index (χ2n) is 5.51. The van der Waals surface area contributed by atoms with Crippen molar-refractivity contribution in [2.75, 3.05) is 6.54 Å². The van der Waals surface area contributed by atoms with Crippen LogP contribution in [0.2, 0.25) is 0 Å². The number of carboxylic acids is 1. The highest BCUT2D eigenvalue weighted by molar-refractivity contribution is 6.04. The molecule has 0 spiro atoms. The van der Waals surface area contributed by atoms with Crippen LogP contribution in [-0.4, -0.2) is 35.3 Å². The monoisotopic (exact) mass is 288 g/mol. The van der Waals surface area contributed by atoms with Crippen molar-refractivity contribution >= 4 is 17.6 Å². The van der Waals surface area contributed by atoms with E-state index in [0.29, 0.717) is 19.3 Å². The van der Waals surface area contributed by atoms with Gasteiger partial charge in [-0.2, -0.15) is 0 Å². The Morgan fingerprint density at radius 3 is 2.67 bits per heavy atom. The summed E-state index contributed by atoms with van der Waals surface area (Å²) >= 11 is 0. The topological polar surface area (TPSA) is 88.0 Å². The summed E-state index contributed by atoms with van der Waals surface area (Å²) in [5.41, 5.74) is 0.893. The molecule has 0 saturated heterocycles. The Kier molecular flexibility index (Phi) is 3.37. The van der Waals surface area contributed by atoms with E-state index in [4.69, 9.17) is 9.94 Å². The molecule has 3 rings (SSSR count). The third-order valence-corrected chi connectivity index (χ3v) is 3.98. The van der Waals surface area contributed by atoms with Gasteiger partial charge in [-0.15, -0.1) is 0 Å². The fraction of sp³-hybridized carbons (Fsp3) is 0.400. The SMILES string of the molecule is O=C(NCC1(C(=O)O)CC1)C1CC(c2ccccc2)=NO1. The smallest absolute Gasteiger partial charge is 0.311 e. The minimum atomic E-state index is -0.851. The number of benzene rings is 1. The second-order valence-corrected chi connectivity index (χ2v) is 5.51. The molecule has 1 saturated carbocycles. The lowest BCUT2D eigenvalue weighted by Crippen LogP contribution is -2.40. The van der Waals surface area contributed by atoms with Crippen LogP contribution in [0.5, 0.6) is 0 Å². The third-order valence-electron chi connectivity index (χ3n) is 3.98. The van der Waals surface area contributed by atoms with E-state index in [1.807, 2.05) is 30.3 Å². The number of carboxylic acid groups (broad SMARTS) is 1. The summed E-state index contributed by atoms with van der Waals surface area (Å²) < 4.78 is 0. The van der Waals surface area contributed by atoms with Crippen molar-refractivity contribution in [2.45, 2.75) is 25.4 Å². The van der Waals surface area contributed by atoms with E-state index in [0.717, 1.165) is 11.3 Å². The zero-order valence-electron chi connectivity index (χ0n) is 11.4. The van der Waals surface area contributed by atoms with Crippen molar-refractivity contribution in [3.8, 4) is 0 Å². The number of amides is 1. The molecule has 110 valence electrons. The largest absolute Gasteiger partial charge is 0.481 e. The Hall–Kier alpha value is -2.37. The standard InChI is InChI=1S/C15H16N2O4/c18-13(16-9-15(6-7-15)14(19)20)12-8-11(17-21-12)10-4-2-1-3-5-10/h1-5,12H,6-9H2,(H,16,18)(H,19,20). The van der Waals surface area contributed by atoms with E-state index >= 15 is 0 Å². The average molecular weight is 288 g/mol. The van der Waals surface area contributed by atoms with Crippen LogP contribution < -0.4 is 5.32 Å². The molecule has 1 atom stereocenters. The second kappa shape index (κ2) is 5.20. The van der Waals surface area contributed by atoms with Gasteiger partial charge in [0.15, 0.2) is 0 Å². The van der Waals surface area contributed by atoms with Crippen molar-refractivity contribution in [3.63, 3.8) is 0 Å². The predicted molar refractivity (Wildman–Crippen MR) is 74.8 cm³/mol. The number of nitrogens with zero attached hydrogens (tertiary/aromatic N) is 1. The van der Waals surface area contributed by atoms with Gasteiger partial charge in [-0.3, -0.25) is 9.59 Å². The number of aliphatic carboxylic acids is 1. The van der Waals surface area contributed by atoms with Crippen LogP contribution in [0.1, 0.15) is 24.8 Å². The highest BCUT2D eigenvalue weighted by Crippen LogP contribution is 2.45. The molecule has 1 aromatic carbocycles. The fourth-order valence-corrected chi connectivity index (χ4v) is 2.31. The maximum absolute atomic E-state index is 12.0. The van der Waals surface area contributed by atoms with E-state index < -0.39 is 17.5 Å². The van der Waals surface area contributed by atoms with Crippen molar-refractivity contribution in [3.05, 3.63) is 35.9 Å². The summed E-state index contributed by atoms with van der Waals surface area (Å²) in [6, 6.07) is 9.52. The first-order valence-corrected chi connectivity index (χ1v) is 6.90. The van der Waals surface area contributed by atoms with Crippen LogP contribution in [0.25, 0.3) is 0 Å². The molecule has 6 heteroatoms. The summed E-state index contributed by atoms with van der Waals surface area (Å²) in [4.78, 5) is 28.2. The number of nitrogens with one attached hydrogen (secondary N) is 1. The van der Waals surface area contributed by atoms with Gasteiger partial charge in [-0.05, 0) is 18.4 Å². The van der Waals surface area contributed by atoms with Gasteiger partial charge in [-0.1, -0.05) is 35.5 Å². The molecule has 1 amide bonds. The van der Waals surface area contributed by atoms with Gasteiger partial charge in [0, 0.05) is 13.0 Å². The van der Waals surface area contributed by atoms with Crippen LogP contribution in [-0.2, 0) is 14.4 Å². The van der Waals surface area contributed by atoms with Gasteiger partial charge in [0.05, 0.1) is 11.1 Å².